The number of para-hydroxylation sites is 1. The summed E-state index contributed by atoms with van der Waals surface area (Å²) < 4.78 is 32.7. The van der Waals surface area contributed by atoms with Crippen LogP contribution in [-0.2, 0) is 27.8 Å². The van der Waals surface area contributed by atoms with Crippen molar-refractivity contribution in [2.75, 3.05) is 11.9 Å². The van der Waals surface area contributed by atoms with Crippen molar-refractivity contribution in [2.45, 2.75) is 24.8 Å². The molecule has 28 heavy (non-hydrogen) atoms. The SMILES string of the molecule is CCc1ccc(S(=O)(=O)N(CC(=O)Nc2ccccc2)Cc2ccco2)cc1. The molecule has 146 valence electrons. The van der Waals surface area contributed by atoms with Crippen molar-refractivity contribution in [3.05, 3.63) is 84.3 Å². The molecule has 6 nitrogen and oxygen atoms in total. The van der Waals surface area contributed by atoms with Crippen LogP contribution in [0.4, 0.5) is 5.69 Å². The van der Waals surface area contributed by atoms with Gasteiger partial charge in [0.25, 0.3) is 0 Å². The first-order valence-corrected chi connectivity index (χ1v) is 10.4. The van der Waals surface area contributed by atoms with E-state index in [4.69, 9.17) is 4.42 Å². The van der Waals surface area contributed by atoms with Crippen molar-refractivity contribution in [3.8, 4) is 0 Å². The van der Waals surface area contributed by atoms with Crippen LogP contribution in [0.2, 0.25) is 0 Å². The highest BCUT2D eigenvalue weighted by Crippen LogP contribution is 2.20. The van der Waals surface area contributed by atoms with Crippen molar-refractivity contribution >= 4 is 21.6 Å². The Morgan fingerprint density at radius 1 is 1.00 bits per heavy atom. The van der Waals surface area contributed by atoms with Gasteiger partial charge in [0, 0.05) is 5.69 Å². The number of hydrogen-bond acceptors (Lipinski definition) is 4. The van der Waals surface area contributed by atoms with E-state index >= 15 is 0 Å². The number of carbonyl (C=O) groups is 1. The van der Waals surface area contributed by atoms with Gasteiger partial charge >= 0.3 is 0 Å². The molecule has 1 aromatic heterocycles. The largest absolute Gasteiger partial charge is 0.468 e. The predicted octanol–water partition coefficient (Wildman–Crippen LogP) is 3.67. The molecule has 0 unspecified atom stereocenters. The first kappa shape index (κ1) is 19.9. The Balaban J connectivity index is 1.84. The summed E-state index contributed by atoms with van der Waals surface area (Å²) in [7, 11) is -3.88. The third-order valence-electron chi connectivity index (χ3n) is 4.26. The maximum atomic E-state index is 13.2. The molecule has 0 saturated carbocycles. The molecule has 2 aromatic carbocycles. The molecule has 0 radical (unpaired) electrons. The van der Waals surface area contributed by atoms with Crippen LogP contribution in [0, 0.1) is 0 Å². The van der Waals surface area contributed by atoms with Gasteiger partial charge < -0.3 is 9.73 Å². The van der Waals surface area contributed by atoms with E-state index in [1.165, 1.54) is 6.26 Å². The summed E-state index contributed by atoms with van der Waals surface area (Å²) in [5.41, 5.74) is 1.65. The van der Waals surface area contributed by atoms with Gasteiger partial charge in [0.15, 0.2) is 0 Å². The Kier molecular flexibility index (Phi) is 6.28. The molecule has 0 atom stereocenters. The van der Waals surface area contributed by atoms with Crippen LogP contribution in [0.1, 0.15) is 18.2 Å². The van der Waals surface area contributed by atoms with Crippen LogP contribution in [0.5, 0.6) is 0 Å². The lowest BCUT2D eigenvalue weighted by Crippen LogP contribution is -2.37. The molecular formula is C21H22N2O4S. The van der Waals surface area contributed by atoms with E-state index in [2.05, 4.69) is 5.32 Å². The van der Waals surface area contributed by atoms with Crippen LogP contribution >= 0.6 is 0 Å². The van der Waals surface area contributed by atoms with Crippen LogP contribution in [-0.4, -0.2) is 25.2 Å². The molecular weight excluding hydrogens is 376 g/mol. The summed E-state index contributed by atoms with van der Waals surface area (Å²) in [5, 5.41) is 2.72. The molecule has 1 heterocycles. The Morgan fingerprint density at radius 3 is 2.32 bits per heavy atom. The molecule has 1 N–H and O–H groups in total. The van der Waals surface area contributed by atoms with E-state index in [0.717, 1.165) is 16.3 Å². The van der Waals surface area contributed by atoms with Gasteiger partial charge in [0.1, 0.15) is 5.76 Å². The number of amides is 1. The highest BCUT2D eigenvalue weighted by molar-refractivity contribution is 7.89. The van der Waals surface area contributed by atoms with Gasteiger partial charge in [-0.05, 0) is 48.4 Å². The zero-order valence-electron chi connectivity index (χ0n) is 15.5. The fourth-order valence-corrected chi connectivity index (χ4v) is 4.09. The number of aryl methyl sites for hydroxylation is 1. The third kappa shape index (κ3) is 4.88. The van der Waals surface area contributed by atoms with Crippen LogP contribution < -0.4 is 5.32 Å². The standard InChI is InChI=1S/C21H22N2O4S/c1-2-17-10-12-20(13-11-17)28(25,26)23(15-19-9-6-14-27-19)16-21(24)22-18-7-4-3-5-8-18/h3-14H,2,15-16H2,1H3,(H,22,24). The van der Waals surface area contributed by atoms with Gasteiger partial charge in [-0.2, -0.15) is 4.31 Å². The average molecular weight is 398 g/mol. The monoisotopic (exact) mass is 398 g/mol. The molecule has 1 amide bonds. The smallest absolute Gasteiger partial charge is 0.243 e. The first-order valence-electron chi connectivity index (χ1n) is 8.95. The lowest BCUT2D eigenvalue weighted by molar-refractivity contribution is -0.116. The minimum Gasteiger partial charge on any atom is -0.468 e. The fourth-order valence-electron chi connectivity index (χ4n) is 2.73. The fraction of sp³-hybridized carbons (Fsp3) is 0.190. The van der Waals surface area contributed by atoms with Gasteiger partial charge in [-0.3, -0.25) is 4.79 Å². The molecule has 0 bridgehead atoms. The molecule has 0 aliphatic rings. The summed E-state index contributed by atoms with van der Waals surface area (Å²) >= 11 is 0. The van der Waals surface area contributed by atoms with Crippen molar-refractivity contribution < 1.29 is 17.6 Å². The molecule has 3 rings (SSSR count). The second-order valence-corrected chi connectivity index (χ2v) is 8.20. The summed E-state index contributed by atoms with van der Waals surface area (Å²) in [4.78, 5) is 12.6. The Morgan fingerprint density at radius 2 is 1.71 bits per heavy atom. The lowest BCUT2D eigenvalue weighted by Gasteiger charge is -2.21. The lowest BCUT2D eigenvalue weighted by atomic mass is 10.2. The van der Waals surface area contributed by atoms with Gasteiger partial charge in [0.05, 0.1) is 24.2 Å². The van der Waals surface area contributed by atoms with Gasteiger partial charge in [-0.1, -0.05) is 37.3 Å². The number of anilines is 1. The maximum Gasteiger partial charge on any atom is 0.243 e. The van der Waals surface area contributed by atoms with Crippen molar-refractivity contribution in [1.29, 1.82) is 0 Å². The topological polar surface area (TPSA) is 79.6 Å². The van der Waals surface area contributed by atoms with Gasteiger partial charge in [-0.15, -0.1) is 0 Å². The number of hydrogen-bond donors (Lipinski definition) is 1. The second-order valence-electron chi connectivity index (χ2n) is 6.26. The normalized spacial score (nSPS) is 11.5. The van der Waals surface area contributed by atoms with Crippen molar-refractivity contribution in [3.63, 3.8) is 0 Å². The minimum absolute atomic E-state index is 0.0347. The Labute approximate surface area is 164 Å². The van der Waals surface area contributed by atoms with Crippen LogP contribution in [0.15, 0.2) is 82.3 Å². The van der Waals surface area contributed by atoms with Gasteiger partial charge in [0.2, 0.25) is 15.9 Å². The number of benzene rings is 2. The maximum absolute atomic E-state index is 13.2. The minimum atomic E-state index is -3.88. The third-order valence-corrected chi connectivity index (χ3v) is 6.07. The number of nitrogens with zero attached hydrogens (tertiary/aromatic N) is 1. The van der Waals surface area contributed by atoms with Crippen LogP contribution in [0.25, 0.3) is 0 Å². The molecule has 0 saturated heterocycles. The second kappa shape index (κ2) is 8.86. The zero-order chi connectivity index (χ0) is 20.0. The summed E-state index contributed by atoms with van der Waals surface area (Å²) in [6.07, 6.45) is 2.29. The highest BCUT2D eigenvalue weighted by Gasteiger charge is 2.27. The van der Waals surface area contributed by atoms with Crippen molar-refractivity contribution in [1.82, 2.24) is 4.31 Å². The molecule has 0 aliphatic heterocycles. The zero-order valence-corrected chi connectivity index (χ0v) is 16.4. The average Bonchev–Trinajstić information content (AvgIpc) is 3.21. The van der Waals surface area contributed by atoms with E-state index in [9.17, 15) is 13.2 Å². The molecule has 0 spiro atoms. The van der Waals surface area contributed by atoms with E-state index in [1.807, 2.05) is 13.0 Å². The molecule has 7 heteroatoms. The summed E-state index contributed by atoms with van der Waals surface area (Å²) in [5.74, 6) is 0.0350. The summed E-state index contributed by atoms with van der Waals surface area (Å²) in [6.45, 7) is 1.64. The van der Waals surface area contributed by atoms with Gasteiger partial charge in [-0.25, -0.2) is 8.42 Å². The number of rotatable bonds is 8. The first-order chi connectivity index (χ1) is 13.5. The van der Waals surface area contributed by atoms with E-state index in [-0.39, 0.29) is 18.0 Å². The number of carbonyl (C=O) groups excluding carboxylic acids is 1. The summed E-state index contributed by atoms with van der Waals surface area (Å²) in [6, 6.07) is 19.0. The van der Waals surface area contributed by atoms with Crippen molar-refractivity contribution in [2.24, 2.45) is 0 Å². The Hall–Kier alpha value is -2.90. The number of furan rings is 1. The van der Waals surface area contributed by atoms with E-state index < -0.39 is 15.9 Å². The predicted molar refractivity (Wildman–Crippen MR) is 107 cm³/mol. The Bertz CT molecular complexity index is 998. The van der Waals surface area contributed by atoms with Crippen LogP contribution in [0.3, 0.4) is 0 Å². The van der Waals surface area contributed by atoms with E-state index in [0.29, 0.717) is 11.4 Å². The highest BCUT2D eigenvalue weighted by atomic mass is 32.2. The molecule has 0 fully saturated rings. The number of nitrogens with one attached hydrogen (secondary N) is 1. The molecule has 3 aromatic rings. The quantitative estimate of drug-likeness (QED) is 0.628. The number of sulfonamides is 1. The molecule has 0 aliphatic carbocycles. The van der Waals surface area contributed by atoms with E-state index in [1.54, 1.807) is 60.7 Å².